The minimum absolute atomic E-state index is 0.170. The summed E-state index contributed by atoms with van der Waals surface area (Å²) in [6.45, 7) is 4.23. The Labute approximate surface area is 207 Å². The van der Waals surface area contributed by atoms with Gasteiger partial charge in [-0.1, -0.05) is 43.9 Å². The Bertz CT molecular complexity index is 1130. The van der Waals surface area contributed by atoms with E-state index in [-0.39, 0.29) is 5.82 Å². The topological polar surface area (TPSA) is 37.9 Å². The zero-order valence-electron chi connectivity index (χ0n) is 20.3. The number of aryl methyl sites for hydroxylation is 3. The van der Waals surface area contributed by atoms with Crippen LogP contribution in [0.5, 0.6) is 5.75 Å². The van der Waals surface area contributed by atoms with Crippen LogP contribution in [0.25, 0.3) is 0 Å². The van der Waals surface area contributed by atoms with Gasteiger partial charge in [-0.15, -0.1) is 11.3 Å². The lowest BCUT2D eigenvalue weighted by Gasteiger charge is -2.07. The SMILES string of the molecule is CCc1cc(F)cc(Cc2ncc[nH]2)c1.COc1ccccc1[B]CCCCc1ccsc1C. The van der Waals surface area contributed by atoms with Gasteiger partial charge in [0.25, 0.3) is 0 Å². The Balaban J connectivity index is 0.000000196. The number of unbranched alkanes of at least 4 members (excludes halogenated alkanes) is 1. The van der Waals surface area contributed by atoms with Crippen molar-refractivity contribution < 1.29 is 9.13 Å². The standard InChI is InChI=1S/C16H20BOS.C12H13FN2/c1-13-14(10-12-19-13)7-5-6-11-17-15-8-3-4-9-16(15)18-2;1-2-9-5-10(7-11(13)6-9)8-12-14-3-4-15-12/h3-4,8-10,12H,5-7,11H2,1-2H3;3-7H,2,8H2,1H3,(H,14,15). The first-order chi connectivity index (χ1) is 16.6. The number of imidazole rings is 1. The molecule has 0 saturated heterocycles. The zero-order chi connectivity index (χ0) is 24.2. The largest absolute Gasteiger partial charge is 0.497 e. The number of hydrogen-bond donors (Lipinski definition) is 1. The van der Waals surface area contributed by atoms with Crippen molar-refractivity contribution in [1.29, 1.82) is 0 Å². The lowest BCUT2D eigenvalue weighted by molar-refractivity contribution is 0.418. The summed E-state index contributed by atoms with van der Waals surface area (Å²) >= 11 is 1.85. The number of ether oxygens (including phenoxy) is 1. The van der Waals surface area contributed by atoms with E-state index in [2.05, 4.69) is 47.8 Å². The second kappa shape index (κ2) is 13.8. The molecule has 4 rings (SSSR count). The summed E-state index contributed by atoms with van der Waals surface area (Å²) in [6.07, 6.45) is 9.78. The van der Waals surface area contributed by atoms with Crippen molar-refractivity contribution in [1.82, 2.24) is 9.97 Å². The molecule has 1 N–H and O–H groups in total. The summed E-state index contributed by atoms with van der Waals surface area (Å²) in [7, 11) is 4.01. The van der Waals surface area contributed by atoms with Crippen molar-refractivity contribution in [3.05, 3.63) is 99.5 Å². The van der Waals surface area contributed by atoms with Crippen LogP contribution in [-0.2, 0) is 19.3 Å². The molecule has 0 aliphatic heterocycles. The number of hydrogen-bond acceptors (Lipinski definition) is 3. The van der Waals surface area contributed by atoms with Gasteiger partial charge < -0.3 is 9.72 Å². The summed E-state index contributed by atoms with van der Waals surface area (Å²) in [5.41, 5.74) is 4.71. The molecule has 0 fully saturated rings. The third-order valence-corrected chi connectivity index (χ3v) is 6.61. The fourth-order valence-corrected chi connectivity index (χ4v) is 4.59. The van der Waals surface area contributed by atoms with Crippen LogP contribution in [0.3, 0.4) is 0 Å². The van der Waals surface area contributed by atoms with Crippen molar-refractivity contribution in [2.24, 2.45) is 0 Å². The molecule has 6 heteroatoms. The maximum atomic E-state index is 13.2. The highest BCUT2D eigenvalue weighted by atomic mass is 32.1. The monoisotopic (exact) mass is 475 g/mol. The lowest BCUT2D eigenvalue weighted by Crippen LogP contribution is -2.16. The van der Waals surface area contributed by atoms with Gasteiger partial charge >= 0.3 is 0 Å². The van der Waals surface area contributed by atoms with E-state index in [0.29, 0.717) is 6.42 Å². The normalized spacial score (nSPS) is 10.5. The van der Waals surface area contributed by atoms with Gasteiger partial charge in [0.05, 0.1) is 7.11 Å². The molecule has 0 saturated carbocycles. The first kappa shape index (κ1) is 25.8. The molecule has 0 aliphatic carbocycles. The fourth-order valence-electron chi connectivity index (χ4n) is 3.83. The Morgan fingerprint density at radius 1 is 1.09 bits per heavy atom. The van der Waals surface area contributed by atoms with Gasteiger partial charge in [-0.05, 0) is 78.0 Å². The van der Waals surface area contributed by atoms with Crippen molar-refractivity contribution in [3.63, 3.8) is 0 Å². The van der Waals surface area contributed by atoms with E-state index in [1.165, 1.54) is 35.2 Å². The number of nitrogens with zero attached hydrogens (tertiary/aromatic N) is 1. The molecular formula is C28H33BFN2OS. The molecule has 2 aromatic heterocycles. The number of para-hydroxylation sites is 1. The maximum absolute atomic E-state index is 13.2. The zero-order valence-corrected chi connectivity index (χ0v) is 21.1. The average Bonchev–Trinajstić information content (AvgIpc) is 3.51. The Morgan fingerprint density at radius 3 is 2.62 bits per heavy atom. The van der Waals surface area contributed by atoms with Crippen LogP contribution in [0.4, 0.5) is 4.39 Å². The van der Waals surface area contributed by atoms with Gasteiger partial charge in [0.1, 0.15) is 17.4 Å². The van der Waals surface area contributed by atoms with Gasteiger partial charge in [0, 0.05) is 23.7 Å². The summed E-state index contributed by atoms with van der Waals surface area (Å²) in [4.78, 5) is 8.59. The molecule has 0 unspecified atom stereocenters. The highest BCUT2D eigenvalue weighted by Gasteiger charge is 2.04. The summed E-state index contributed by atoms with van der Waals surface area (Å²) in [6, 6.07) is 15.6. The van der Waals surface area contributed by atoms with Crippen LogP contribution in [0.2, 0.25) is 6.32 Å². The molecule has 4 aromatic rings. The number of aromatic nitrogens is 2. The Hall–Kier alpha value is -2.86. The van der Waals surface area contributed by atoms with Crippen molar-refractivity contribution in [2.75, 3.05) is 7.11 Å². The summed E-state index contributed by atoms with van der Waals surface area (Å²) in [5, 5.41) is 2.19. The van der Waals surface area contributed by atoms with E-state index >= 15 is 0 Å². The second-order valence-electron chi connectivity index (χ2n) is 8.23. The van der Waals surface area contributed by atoms with Crippen LogP contribution in [0.1, 0.15) is 47.2 Å². The molecule has 177 valence electrons. The molecule has 1 radical (unpaired) electrons. The number of thiophene rings is 1. The first-order valence-corrected chi connectivity index (χ1v) is 12.7. The molecule has 2 aromatic carbocycles. The van der Waals surface area contributed by atoms with Gasteiger partial charge in [-0.25, -0.2) is 9.37 Å². The number of rotatable bonds is 10. The van der Waals surface area contributed by atoms with E-state index in [9.17, 15) is 4.39 Å². The van der Waals surface area contributed by atoms with Crippen molar-refractivity contribution in [3.8, 4) is 5.75 Å². The quantitative estimate of drug-likeness (QED) is 0.209. The van der Waals surface area contributed by atoms with Crippen LogP contribution >= 0.6 is 11.3 Å². The van der Waals surface area contributed by atoms with Gasteiger partial charge in [-0.3, -0.25) is 0 Å². The maximum Gasteiger partial charge on any atom is 0.156 e. The lowest BCUT2D eigenvalue weighted by atomic mass is 9.65. The highest BCUT2D eigenvalue weighted by Crippen LogP contribution is 2.18. The average molecular weight is 475 g/mol. The van der Waals surface area contributed by atoms with E-state index < -0.39 is 0 Å². The molecule has 0 amide bonds. The van der Waals surface area contributed by atoms with Gasteiger partial charge in [0.15, 0.2) is 7.28 Å². The van der Waals surface area contributed by atoms with E-state index in [1.54, 1.807) is 31.6 Å². The molecule has 0 bridgehead atoms. The van der Waals surface area contributed by atoms with Crippen LogP contribution in [0, 0.1) is 12.7 Å². The molecule has 0 aliphatic rings. The third-order valence-electron chi connectivity index (χ3n) is 5.72. The molecule has 0 atom stereocenters. The minimum Gasteiger partial charge on any atom is -0.497 e. The van der Waals surface area contributed by atoms with Crippen LogP contribution in [-0.4, -0.2) is 24.4 Å². The number of benzene rings is 2. The number of aromatic amines is 1. The predicted octanol–water partition coefficient (Wildman–Crippen LogP) is 6.54. The smallest absolute Gasteiger partial charge is 0.156 e. The first-order valence-electron chi connectivity index (χ1n) is 11.8. The molecule has 2 heterocycles. The Kier molecular flexibility index (Phi) is 10.4. The Morgan fingerprint density at radius 2 is 1.91 bits per heavy atom. The third kappa shape index (κ3) is 8.17. The van der Waals surface area contributed by atoms with Crippen molar-refractivity contribution in [2.45, 2.75) is 52.3 Å². The van der Waals surface area contributed by atoms with Crippen LogP contribution < -0.4 is 10.2 Å². The number of H-pyrrole nitrogens is 1. The van der Waals surface area contributed by atoms with E-state index in [1.807, 2.05) is 36.5 Å². The van der Waals surface area contributed by atoms with Gasteiger partial charge in [0.2, 0.25) is 0 Å². The van der Waals surface area contributed by atoms with Crippen molar-refractivity contribution >= 4 is 24.1 Å². The predicted molar refractivity (Wildman–Crippen MR) is 142 cm³/mol. The molecule has 3 nitrogen and oxygen atoms in total. The molecule has 34 heavy (non-hydrogen) atoms. The minimum atomic E-state index is -0.170. The molecular weight excluding hydrogens is 442 g/mol. The number of methoxy groups -OCH3 is 1. The van der Waals surface area contributed by atoms with E-state index in [4.69, 9.17) is 4.74 Å². The highest BCUT2D eigenvalue weighted by molar-refractivity contribution is 7.10. The second-order valence-corrected chi connectivity index (χ2v) is 9.35. The van der Waals surface area contributed by atoms with Gasteiger partial charge in [-0.2, -0.15) is 0 Å². The number of halogens is 1. The molecule has 0 spiro atoms. The number of nitrogens with one attached hydrogen (secondary N) is 1. The van der Waals surface area contributed by atoms with Crippen LogP contribution in [0.15, 0.2) is 66.3 Å². The van der Waals surface area contributed by atoms with E-state index in [0.717, 1.165) is 35.4 Å². The summed E-state index contributed by atoms with van der Waals surface area (Å²) in [5.74, 6) is 1.66. The summed E-state index contributed by atoms with van der Waals surface area (Å²) < 4.78 is 18.6. The fraction of sp³-hybridized carbons (Fsp3) is 0.321.